The Hall–Kier alpha value is -3.12. The third kappa shape index (κ3) is 4.39. The van der Waals surface area contributed by atoms with Crippen LogP contribution in [0.25, 0.3) is 5.76 Å². The fourth-order valence-electron chi connectivity index (χ4n) is 3.46. The van der Waals surface area contributed by atoms with Crippen LogP contribution in [0.15, 0.2) is 54.1 Å². The SMILES string of the molecule is CCCCN1C(=O)C(=O)/C(=C(\O)c2ccc(Cl)cc2)C1c1cccc(OC(C)=O)c1. The monoisotopic (exact) mass is 427 g/mol. The molecule has 1 fully saturated rings. The lowest BCUT2D eigenvalue weighted by molar-refractivity contribution is -0.139. The van der Waals surface area contributed by atoms with Crippen molar-refractivity contribution < 1.29 is 24.2 Å². The number of hydrogen-bond donors (Lipinski definition) is 1. The molecule has 1 N–H and O–H groups in total. The van der Waals surface area contributed by atoms with E-state index in [0.29, 0.717) is 34.9 Å². The molecule has 156 valence electrons. The lowest BCUT2D eigenvalue weighted by Crippen LogP contribution is -2.30. The smallest absolute Gasteiger partial charge is 0.308 e. The summed E-state index contributed by atoms with van der Waals surface area (Å²) < 4.78 is 5.16. The molecule has 6 nitrogen and oxygen atoms in total. The Morgan fingerprint density at radius 1 is 1.17 bits per heavy atom. The first-order chi connectivity index (χ1) is 14.3. The van der Waals surface area contributed by atoms with E-state index in [1.807, 2.05) is 6.92 Å². The molecular formula is C23H22ClNO5. The number of likely N-dealkylation sites (tertiary alicyclic amines) is 1. The van der Waals surface area contributed by atoms with E-state index in [0.717, 1.165) is 6.42 Å². The van der Waals surface area contributed by atoms with Gasteiger partial charge in [-0.2, -0.15) is 0 Å². The van der Waals surface area contributed by atoms with Gasteiger partial charge in [0.25, 0.3) is 11.7 Å². The van der Waals surface area contributed by atoms with E-state index in [-0.39, 0.29) is 11.3 Å². The van der Waals surface area contributed by atoms with Crippen molar-refractivity contribution in [2.24, 2.45) is 0 Å². The average Bonchev–Trinajstić information content (AvgIpc) is 2.96. The van der Waals surface area contributed by atoms with Crippen LogP contribution in [0.5, 0.6) is 5.75 Å². The number of ketones is 1. The standard InChI is InChI=1S/C23H22ClNO5/c1-3-4-12-25-20(16-6-5-7-18(13-16)30-14(2)26)19(22(28)23(25)29)21(27)15-8-10-17(24)11-9-15/h5-11,13,20,27H,3-4,12H2,1-2H3/b21-19-. The number of hydrogen-bond acceptors (Lipinski definition) is 5. The number of unbranched alkanes of at least 4 members (excludes halogenated alkanes) is 1. The first-order valence-corrected chi connectivity index (χ1v) is 10.0. The predicted octanol–water partition coefficient (Wildman–Crippen LogP) is 4.49. The topological polar surface area (TPSA) is 83.9 Å². The molecule has 2 aromatic rings. The van der Waals surface area contributed by atoms with Crippen molar-refractivity contribution in [2.45, 2.75) is 32.7 Å². The summed E-state index contributed by atoms with van der Waals surface area (Å²) in [4.78, 5) is 38.5. The molecule has 2 aromatic carbocycles. The van der Waals surface area contributed by atoms with Gasteiger partial charge in [-0.05, 0) is 48.4 Å². The highest BCUT2D eigenvalue weighted by molar-refractivity contribution is 6.46. The van der Waals surface area contributed by atoms with Gasteiger partial charge < -0.3 is 14.7 Å². The summed E-state index contributed by atoms with van der Waals surface area (Å²) in [6.45, 7) is 3.64. The summed E-state index contributed by atoms with van der Waals surface area (Å²) in [7, 11) is 0. The Morgan fingerprint density at radius 3 is 2.50 bits per heavy atom. The number of carbonyl (C=O) groups excluding carboxylic acids is 3. The van der Waals surface area contributed by atoms with E-state index >= 15 is 0 Å². The zero-order valence-electron chi connectivity index (χ0n) is 16.7. The first-order valence-electron chi connectivity index (χ1n) is 9.66. The molecule has 3 rings (SSSR count). The largest absolute Gasteiger partial charge is 0.507 e. The number of halogens is 1. The quantitative estimate of drug-likeness (QED) is 0.241. The maximum absolute atomic E-state index is 12.9. The third-order valence-corrected chi connectivity index (χ3v) is 5.10. The van der Waals surface area contributed by atoms with Gasteiger partial charge in [0.05, 0.1) is 11.6 Å². The number of ether oxygens (including phenoxy) is 1. The van der Waals surface area contributed by atoms with Crippen LogP contribution in [0.1, 0.15) is 43.9 Å². The molecule has 1 saturated heterocycles. The van der Waals surface area contributed by atoms with E-state index in [9.17, 15) is 19.5 Å². The Balaban J connectivity index is 2.15. The highest BCUT2D eigenvalue weighted by atomic mass is 35.5. The van der Waals surface area contributed by atoms with Gasteiger partial charge in [-0.25, -0.2) is 0 Å². The predicted molar refractivity (Wildman–Crippen MR) is 113 cm³/mol. The van der Waals surface area contributed by atoms with Crippen molar-refractivity contribution in [1.82, 2.24) is 4.90 Å². The number of carbonyl (C=O) groups is 3. The molecule has 1 amide bonds. The van der Waals surface area contributed by atoms with E-state index in [1.165, 1.54) is 11.8 Å². The molecule has 1 heterocycles. The molecule has 30 heavy (non-hydrogen) atoms. The summed E-state index contributed by atoms with van der Waals surface area (Å²) >= 11 is 5.92. The molecule has 0 bridgehead atoms. The molecule has 0 radical (unpaired) electrons. The van der Waals surface area contributed by atoms with Gasteiger partial charge in [0.15, 0.2) is 0 Å². The minimum Gasteiger partial charge on any atom is -0.507 e. The maximum Gasteiger partial charge on any atom is 0.308 e. The fourth-order valence-corrected chi connectivity index (χ4v) is 3.59. The molecule has 1 aliphatic heterocycles. The molecular weight excluding hydrogens is 406 g/mol. The number of Topliss-reactive ketones (excluding diaryl/α,β-unsaturated/α-hetero) is 1. The minimum absolute atomic E-state index is 0.00148. The number of nitrogens with zero attached hydrogens (tertiary/aromatic N) is 1. The molecule has 0 saturated carbocycles. The van der Waals surface area contributed by atoms with E-state index in [4.69, 9.17) is 16.3 Å². The Labute approximate surface area is 179 Å². The molecule has 0 aromatic heterocycles. The lowest BCUT2D eigenvalue weighted by atomic mass is 9.95. The minimum atomic E-state index is -0.789. The van der Waals surface area contributed by atoms with Crippen molar-refractivity contribution in [3.8, 4) is 5.75 Å². The average molecular weight is 428 g/mol. The van der Waals surface area contributed by atoms with E-state index in [1.54, 1.807) is 48.5 Å². The molecule has 0 spiro atoms. The Bertz CT molecular complexity index is 1010. The maximum atomic E-state index is 12.9. The summed E-state index contributed by atoms with van der Waals surface area (Å²) in [6, 6.07) is 12.2. The number of rotatable bonds is 6. The van der Waals surface area contributed by atoms with Crippen LogP contribution in [0.4, 0.5) is 0 Å². The van der Waals surface area contributed by atoms with Crippen LogP contribution in [-0.2, 0) is 14.4 Å². The Morgan fingerprint density at radius 2 is 1.87 bits per heavy atom. The highest BCUT2D eigenvalue weighted by Gasteiger charge is 2.45. The fraction of sp³-hybridized carbons (Fsp3) is 0.261. The number of benzene rings is 2. The molecule has 7 heteroatoms. The van der Waals surface area contributed by atoms with Crippen molar-refractivity contribution in [2.75, 3.05) is 6.54 Å². The van der Waals surface area contributed by atoms with Crippen LogP contribution in [0.3, 0.4) is 0 Å². The number of esters is 1. The number of aliphatic hydroxyl groups excluding tert-OH is 1. The van der Waals surface area contributed by atoms with E-state index < -0.39 is 23.7 Å². The van der Waals surface area contributed by atoms with Crippen LogP contribution in [0.2, 0.25) is 5.02 Å². The normalized spacial score (nSPS) is 18.0. The summed E-state index contributed by atoms with van der Waals surface area (Å²) in [6.07, 6.45) is 1.54. The molecule has 1 unspecified atom stereocenters. The molecule has 1 aliphatic rings. The van der Waals surface area contributed by atoms with Gasteiger partial charge in [-0.15, -0.1) is 0 Å². The van der Waals surface area contributed by atoms with Gasteiger partial charge in [0.1, 0.15) is 11.5 Å². The second-order valence-corrected chi connectivity index (χ2v) is 7.46. The van der Waals surface area contributed by atoms with Crippen LogP contribution < -0.4 is 4.74 Å². The van der Waals surface area contributed by atoms with Gasteiger partial charge >= 0.3 is 5.97 Å². The Kier molecular flexibility index (Phi) is 6.57. The van der Waals surface area contributed by atoms with Crippen LogP contribution in [0, 0.1) is 0 Å². The zero-order chi connectivity index (χ0) is 21.8. The van der Waals surface area contributed by atoms with Gasteiger partial charge in [-0.3, -0.25) is 14.4 Å². The van der Waals surface area contributed by atoms with E-state index in [2.05, 4.69) is 0 Å². The first kappa shape index (κ1) is 21.6. The number of aliphatic hydroxyl groups is 1. The van der Waals surface area contributed by atoms with Crippen molar-refractivity contribution >= 4 is 35.0 Å². The number of amides is 1. The van der Waals surface area contributed by atoms with Crippen LogP contribution in [-0.4, -0.2) is 34.2 Å². The van der Waals surface area contributed by atoms with Crippen LogP contribution >= 0.6 is 11.6 Å². The van der Waals surface area contributed by atoms with Crippen molar-refractivity contribution in [3.63, 3.8) is 0 Å². The second-order valence-electron chi connectivity index (χ2n) is 7.02. The lowest BCUT2D eigenvalue weighted by Gasteiger charge is -2.25. The summed E-state index contributed by atoms with van der Waals surface area (Å²) in [5.74, 6) is -1.86. The molecule has 1 atom stereocenters. The molecule has 0 aliphatic carbocycles. The van der Waals surface area contributed by atoms with Crippen molar-refractivity contribution in [1.29, 1.82) is 0 Å². The highest BCUT2D eigenvalue weighted by Crippen LogP contribution is 2.40. The summed E-state index contributed by atoms with van der Waals surface area (Å²) in [5.41, 5.74) is 0.951. The summed E-state index contributed by atoms with van der Waals surface area (Å²) in [5, 5.41) is 11.4. The second kappa shape index (κ2) is 9.13. The van der Waals surface area contributed by atoms with Crippen molar-refractivity contribution in [3.05, 3.63) is 70.3 Å². The zero-order valence-corrected chi connectivity index (χ0v) is 17.5. The van der Waals surface area contributed by atoms with Gasteiger partial charge in [0, 0.05) is 24.1 Å². The third-order valence-electron chi connectivity index (χ3n) is 4.85. The van der Waals surface area contributed by atoms with Gasteiger partial charge in [-0.1, -0.05) is 37.1 Å². The van der Waals surface area contributed by atoms with Gasteiger partial charge in [0.2, 0.25) is 0 Å².